The van der Waals surface area contributed by atoms with Crippen LogP contribution >= 0.6 is 0 Å². The van der Waals surface area contributed by atoms with E-state index < -0.39 is 23.0 Å². The molecule has 0 unspecified atom stereocenters. The summed E-state index contributed by atoms with van der Waals surface area (Å²) in [6.45, 7) is -0.363. The van der Waals surface area contributed by atoms with Gasteiger partial charge in [-0.25, -0.2) is 4.79 Å². The molecule has 4 amide bonds. The Bertz CT molecular complexity index is 869. The van der Waals surface area contributed by atoms with Crippen molar-refractivity contribution in [2.24, 2.45) is 0 Å². The Morgan fingerprint density at radius 1 is 1.14 bits per heavy atom. The van der Waals surface area contributed by atoms with E-state index >= 15 is 0 Å². The van der Waals surface area contributed by atoms with Crippen LogP contribution in [0.4, 0.5) is 4.79 Å². The zero-order chi connectivity index (χ0) is 19.8. The largest absolute Gasteiger partial charge is 0.336 e. The summed E-state index contributed by atoms with van der Waals surface area (Å²) in [7, 11) is 0. The molecule has 1 spiro atoms. The molecule has 3 aliphatic rings. The SMILES string of the molecule is N#CC1(NC(=O)CN2C(=O)N[C@@]3(CCCc4ccccc43)C2=O)CCCCC1. The summed E-state index contributed by atoms with van der Waals surface area (Å²) in [5.74, 6) is -0.845. The van der Waals surface area contributed by atoms with Crippen LogP contribution in [0.15, 0.2) is 24.3 Å². The number of amides is 4. The molecule has 28 heavy (non-hydrogen) atoms. The van der Waals surface area contributed by atoms with Crippen molar-refractivity contribution in [3.63, 3.8) is 0 Å². The maximum absolute atomic E-state index is 13.2. The second-order valence-corrected chi connectivity index (χ2v) is 8.04. The van der Waals surface area contributed by atoms with Crippen LogP contribution in [0, 0.1) is 11.3 Å². The van der Waals surface area contributed by atoms with Gasteiger partial charge in [-0.2, -0.15) is 5.26 Å². The standard InChI is InChI=1S/C21H24N4O3/c22-14-20(10-4-1-5-11-20)23-17(26)13-25-18(27)21(24-19(25)28)12-6-8-15-7-2-3-9-16(15)21/h2-3,7,9H,1,4-6,8,10-13H2,(H,23,26)(H,24,28)/t21-/m1/s1. The molecule has 2 N–H and O–H groups in total. The summed E-state index contributed by atoms with van der Waals surface area (Å²) in [4.78, 5) is 39.4. The quantitative estimate of drug-likeness (QED) is 0.784. The van der Waals surface area contributed by atoms with Gasteiger partial charge in [-0.15, -0.1) is 0 Å². The Morgan fingerprint density at radius 2 is 1.89 bits per heavy atom. The van der Waals surface area contributed by atoms with Gasteiger partial charge in [0.1, 0.15) is 17.6 Å². The van der Waals surface area contributed by atoms with Crippen molar-refractivity contribution < 1.29 is 14.4 Å². The first kappa shape index (κ1) is 18.5. The first-order valence-electron chi connectivity index (χ1n) is 9.94. The number of hydrogen-bond acceptors (Lipinski definition) is 4. The summed E-state index contributed by atoms with van der Waals surface area (Å²) in [6.07, 6.45) is 6.21. The van der Waals surface area contributed by atoms with Crippen LogP contribution < -0.4 is 10.6 Å². The van der Waals surface area contributed by atoms with Gasteiger partial charge in [0, 0.05) is 0 Å². The van der Waals surface area contributed by atoms with Gasteiger partial charge in [0.15, 0.2) is 0 Å². The van der Waals surface area contributed by atoms with Crippen LogP contribution in [0.2, 0.25) is 0 Å². The first-order valence-corrected chi connectivity index (χ1v) is 9.94. The molecule has 7 nitrogen and oxygen atoms in total. The van der Waals surface area contributed by atoms with E-state index in [1.165, 1.54) is 0 Å². The summed E-state index contributed by atoms with van der Waals surface area (Å²) in [5, 5.41) is 15.2. The molecule has 1 atom stereocenters. The van der Waals surface area contributed by atoms with Gasteiger partial charge >= 0.3 is 6.03 Å². The van der Waals surface area contributed by atoms with E-state index in [0.29, 0.717) is 19.3 Å². The summed E-state index contributed by atoms with van der Waals surface area (Å²) in [6, 6.07) is 9.32. The molecule has 1 saturated heterocycles. The second-order valence-electron chi connectivity index (χ2n) is 8.04. The van der Waals surface area contributed by atoms with Gasteiger partial charge in [-0.1, -0.05) is 43.5 Å². The molecule has 1 aromatic carbocycles. The molecule has 1 aliphatic heterocycles. The third-order valence-electron chi connectivity index (χ3n) is 6.25. The maximum Gasteiger partial charge on any atom is 0.325 e. The number of benzene rings is 1. The topological polar surface area (TPSA) is 102 Å². The predicted octanol–water partition coefficient (Wildman–Crippen LogP) is 2.11. The highest BCUT2D eigenvalue weighted by atomic mass is 16.2. The smallest absolute Gasteiger partial charge is 0.325 e. The van der Waals surface area contributed by atoms with E-state index in [4.69, 9.17) is 0 Å². The number of fused-ring (bicyclic) bond motifs is 2. The highest BCUT2D eigenvalue weighted by molar-refractivity contribution is 6.09. The van der Waals surface area contributed by atoms with Crippen LogP contribution in [0.25, 0.3) is 0 Å². The Kier molecular flexibility index (Phi) is 4.58. The molecular formula is C21H24N4O3. The number of hydrogen-bond donors (Lipinski definition) is 2. The lowest BCUT2D eigenvalue weighted by atomic mass is 9.76. The summed E-state index contributed by atoms with van der Waals surface area (Å²) < 4.78 is 0. The van der Waals surface area contributed by atoms with E-state index in [0.717, 1.165) is 48.1 Å². The van der Waals surface area contributed by atoms with Crippen molar-refractivity contribution in [2.75, 3.05) is 6.54 Å². The fourth-order valence-electron chi connectivity index (χ4n) is 4.83. The summed E-state index contributed by atoms with van der Waals surface area (Å²) >= 11 is 0. The van der Waals surface area contributed by atoms with Crippen molar-refractivity contribution in [2.45, 2.75) is 62.4 Å². The lowest BCUT2D eigenvalue weighted by Crippen LogP contribution is -2.52. The van der Waals surface area contributed by atoms with Crippen LogP contribution in [-0.4, -0.2) is 34.8 Å². The molecule has 146 valence electrons. The minimum atomic E-state index is -1.08. The lowest BCUT2D eigenvalue weighted by molar-refractivity contribution is -0.136. The maximum atomic E-state index is 13.2. The fourth-order valence-corrected chi connectivity index (χ4v) is 4.83. The van der Waals surface area contributed by atoms with Crippen molar-refractivity contribution in [3.8, 4) is 6.07 Å². The number of rotatable bonds is 3. The first-order chi connectivity index (χ1) is 13.5. The Morgan fingerprint density at radius 3 is 2.64 bits per heavy atom. The van der Waals surface area contributed by atoms with Crippen molar-refractivity contribution in [3.05, 3.63) is 35.4 Å². The zero-order valence-corrected chi connectivity index (χ0v) is 15.8. The van der Waals surface area contributed by atoms with Gasteiger partial charge in [0.2, 0.25) is 5.91 Å². The minimum absolute atomic E-state index is 0.363. The highest BCUT2D eigenvalue weighted by Gasteiger charge is 2.54. The highest BCUT2D eigenvalue weighted by Crippen LogP contribution is 2.39. The van der Waals surface area contributed by atoms with Crippen LogP contribution in [-0.2, 0) is 21.5 Å². The van der Waals surface area contributed by atoms with Gasteiger partial charge < -0.3 is 10.6 Å². The van der Waals surface area contributed by atoms with Crippen LogP contribution in [0.5, 0.6) is 0 Å². The molecule has 0 aromatic heterocycles. The van der Waals surface area contributed by atoms with E-state index in [1.54, 1.807) is 0 Å². The summed E-state index contributed by atoms with van der Waals surface area (Å²) in [5.41, 5.74) is -0.0872. The number of carbonyl (C=O) groups excluding carboxylic acids is 3. The average molecular weight is 380 g/mol. The molecule has 1 aromatic rings. The monoisotopic (exact) mass is 380 g/mol. The zero-order valence-electron chi connectivity index (χ0n) is 15.8. The number of imide groups is 1. The van der Waals surface area contributed by atoms with Crippen molar-refractivity contribution in [1.29, 1.82) is 5.26 Å². The fraction of sp³-hybridized carbons (Fsp3) is 0.524. The molecule has 4 rings (SSSR count). The Labute approximate surface area is 164 Å². The number of aryl methyl sites for hydroxylation is 1. The third-order valence-corrected chi connectivity index (χ3v) is 6.25. The number of carbonyl (C=O) groups is 3. The number of nitrogens with zero attached hydrogens (tertiary/aromatic N) is 2. The normalized spacial score (nSPS) is 25.8. The molecule has 0 bridgehead atoms. The van der Waals surface area contributed by atoms with Crippen molar-refractivity contribution >= 4 is 17.8 Å². The average Bonchev–Trinajstić information content (AvgIpc) is 2.94. The molecule has 1 heterocycles. The van der Waals surface area contributed by atoms with E-state index in [9.17, 15) is 19.6 Å². The van der Waals surface area contributed by atoms with Gasteiger partial charge in [0.25, 0.3) is 5.91 Å². The Balaban J connectivity index is 1.53. The number of nitrogens with one attached hydrogen (secondary N) is 2. The van der Waals surface area contributed by atoms with E-state index in [-0.39, 0.29) is 12.5 Å². The van der Waals surface area contributed by atoms with Crippen LogP contribution in [0.1, 0.15) is 56.1 Å². The molecular weight excluding hydrogens is 356 g/mol. The van der Waals surface area contributed by atoms with E-state index in [2.05, 4.69) is 16.7 Å². The number of nitriles is 1. The van der Waals surface area contributed by atoms with Gasteiger partial charge in [0.05, 0.1) is 6.07 Å². The molecule has 2 fully saturated rings. The predicted molar refractivity (Wildman–Crippen MR) is 101 cm³/mol. The van der Waals surface area contributed by atoms with Gasteiger partial charge in [-0.3, -0.25) is 14.5 Å². The van der Waals surface area contributed by atoms with E-state index in [1.807, 2.05) is 24.3 Å². The molecule has 0 radical (unpaired) electrons. The lowest BCUT2D eigenvalue weighted by Gasteiger charge is -2.33. The third kappa shape index (κ3) is 2.93. The Hall–Kier alpha value is -2.88. The molecule has 1 saturated carbocycles. The van der Waals surface area contributed by atoms with Crippen LogP contribution in [0.3, 0.4) is 0 Å². The number of urea groups is 1. The van der Waals surface area contributed by atoms with Gasteiger partial charge in [-0.05, 0) is 43.2 Å². The molecule has 7 heteroatoms. The van der Waals surface area contributed by atoms with Crippen molar-refractivity contribution in [1.82, 2.24) is 15.5 Å². The second kappa shape index (κ2) is 6.93. The molecule has 2 aliphatic carbocycles. The minimum Gasteiger partial charge on any atom is -0.336 e.